The summed E-state index contributed by atoms with van der Waals surface area (Å²) in [6.07, 6.45) is 0. The molecule has 0 bridgehead atoms. The molecule has 0 amide bonds. The van der Waals surface area contributed by atoms with Gasteiger partial charge in [0.25, 0.3) is 0 Å². The Morgan fingerprint density at radius 1 is 1.33 bits per heavy atom. The van der Waals surface area contributed by atoms with Crippen molar-refractivity contribution < 1.29 is 13.2 Å². The van der Waals surface area contributed by atoms with E-state index in [9.17, 15) is 13.2 Å². The van der Waals surface area contributed by atoms with E-state index < -0.39 is 21.8 Å². The Hall–Kier alpha value is -1.35. The molecule has 0 radical (unpaired) electrons. The standard InChI is InChI=1S/C12H12ClNO3S/c1-3-4-12(15)9(2)14-18(16,17)11-7-5-10(13)6-8-11/h5-9,14H,1-2H3. The van der Waals surface area contributed by atoms with Crippen LogP contribution in [-0.2, 0) is 14.8 Å². The van der Waals surface area contributed by atoms with Crippen LogP contribution in [0.25, 0.3) is 0 Å². The number of ketones is 1. The van der Waals surface area contributed by atoms with Gasteiger partial charge in [-0.15, -0.1) is 0 Å². The van der Waals surface area contributed by atoms with Crippen LogP contribution in [0.1, 0.15) is 13.8 Å². The van der Waals surface area contributed by atoms with Gasteiger partial charge >= 0.3 is 0 Å². The summed E-state index contributed by atoms with van der Waals surface area (Å²) in [6, 6.07) is 4.78. The van der Waals surface area contributed by atoms with Crippen LogP contribution in [0.4, 0.5) is 0 Å². The van der Waals surface area contributed by atoms with E-state index in [1.54, 1.807) is 0 Å². The number of carbonyl (C=O) groups is 1. The zero-order chi connectivity index (χ0) is 13.8. The largest absolute Gasteiger partial charge is 0.283 e. The maximum atomic E-state index is 11.9. The van der Waals surface area contributed by atoms with E-state index in [2.05, 4.69) is 16.6 Å². The van der Waals surface area contributed by atoms with Gasteiger partial charge in [0.2, 0.25) is 15.8 Å². The summed E-state index contributed by atoms with van der Waals surface area (Å²) in [5.74, 6) is 4.24. The molecule has 1 atom stereocenters. The minimum atomic E-state index is -3.74. The molecule has 0 fully saturated rings. The fourth-order valence-corrected chi connectivity index (χ4v) is 2.53. The monoisotopic (exact) mass is 285 g/mol. The molecule has 6 heteroatoms. The average Bonchev–Trinajstić information content (AvgIpc) is 2.29. The summed E-state index contributed by atoms with van der Waals surface area (Å²) in [4.78, 5) is 11.4. The summed E-state index contributed by atoms with van der Waals surface area (Å²) >= 11 is 5.67. The fourth-order valence-electron chi connectivity index (χ4n) is 1.20. The second-order valence-corrected chi connectivity index (χ2v) is 5.69. The predicted molar refractivity (Wildman–Crippen MR) is 69.7 cm³/mol. The quantitative estimate of drug-likeness (QED) is 0.675. The number of carbonyl (C=O) groups excluding carboxylic acids is 1. The van der Waals surface area contributed by atoms with E-state index in [1.807, 2.05) is 0 Å². The summed E-state index contributed by atoms with van der Waals surface area (Å²) in [5.41, 5.74) is 0. The molecule has 18 heavy (non-hydrogen) atoms. The first kappa shape index (κ1) is 14.7. The third-order valence-corrected chi connectivity index (χ3v) is 3.91. The van der Waals surface area contributed by atoms with Crippen molar-refractivity contribution in [3.63, 3.8) is 0 Å². The van der Waals surface area contributed by atoms with Gasteiger partial charge in [-0.25, -0.2) is 8.42 Å². The molecule has 1 aromatic rings. The maximum absolute atomic E-state index is 11.9. The van der Waals surface area contributed by atoms with Crippen molar-refractivity contribution in [1.82, 2.24) is 4.72 Å². The van der Waals surface area contributed by atoms with Crippen LogP contribution in [0, 0.1) is 11.8 Å². The van der Waals surface area contributed by atoms with Crippen molar-refractivity contribution in [2.75, 3.05) is 0 Å². The number of Topliss-reactive ketones (excluding diaryl/α,β-unsaturated/α-hetero) is 1. The highest BCUT2D eigenvalue weighted by atomic mass is 35.5. The molecular formula is C12H12ClNO3S. The molecular weight excluding hydrogens is 274 g/mol. The topological polar surface area (TPSA) is 63.2 Å². The van der Waals surface area contributed by atoms with Gasteiger partial charge in [0.15, 0.2) is 0 Å². The van der Waals surface area contributed by atoms with Crippen molar-refractivity contribution in [2.24, 2.45) is 0 Å². The van der Waals surface area contributed by atoms with Gasteiger partial charge < -0.3 is 0 Å². The fraction of sp³-hybridized carbons (Fsp3) is 0.250. The Bertz CT molecular complexity index is 596. The number of hydrogen-bond acceptors (Lipinski definition) is 3. The Labute approximate surface area is 111 Å². The number of hydrogen-bond donors (Lipinski definition) is 1. The highest BCUT2D eigenvalue weighted by molar-refractivity contribution is 7.89. The third kappa shape index (κ3) is 3.84. The van der Waals surface area contributed by atoms with Crippen molar-refractivity contribution in [3.8, 4) is 11.8 Å². The first-order valence-corrected chi connectivity index (χ1v) is 6.97. The molecule has 0 saturated carbocycles. The van der Waals surface area contributed by atoms with Crippen molar-refractivity contribution in [1.29, 1.82) is 0 Å². The van der Waals surface area contributed by atoms with Crippen LogP contribution >= 0.6 is 11.6 Å². The van der Waals surface area contributed by atoms with Crippen LogP contribution in [0.3, 0.4) is 0 Å². The zero-order valence-electron chi connectivity index (χ0n) is 9.90. The van der Waals surface area contributed by atoms with E-state index in [-0.39, 0.29) is 4.90 Å². The molecule has 0 saturated heterocycles. The summed E-state index contributed by atoms with van der Waals surface area (Å²) in [6.45, 7) is 2.96. The SMILES string of the molecule is CC#CC(=O)C(C)NS(=O)(=O)c1ccc(Cl)cc1. The molecule has 1 aromatic carbocycles. The van der Waals surface area contributed by atoms with Gasteiger partial charge in [-0.1, -0.05) is 17.5 Å². The number of nitrogens with one attached hydrogen (secondary N) is 1. The normalized spacial score (nSPS) is 12.4. The molecule has 1 unspecified atom stereocenters. The van der Waals surface area contributed by atoms with Crippen molar-refractivity contribution in [3.05, 3.63) is 29.3 Å². The van der Waals surface area contributed by atoms with Crippen LogP contribution in [-0.4, -0.2) is 20.2 Å². The van der Waals surface area contributed by atoms with E-state index in [4.69, 9.17) is 11.6 Å². The molecule has 96 valence electrons. The molecule has 4 nitrogen and oxygen atoms in total. The highest BCUT2D eigenvalue weighted by Gasteiger charge is 2.20. The summed E-state index contributed by atoms with van der Waals surface area (Å²) in [5, 5.41) is 0.440. The zero-order valence-corrected chi connectivity index (χ0v) is 11.5. The van der Waals surface area contributed by atoms with Gasteiger partial charge in [-0.2, -0.15) is 4.72 Å². The Morgan fingerprint density at radius 2 is 1.89 bits per heavy atom. The Balaban J connectivity index is 2.91. The lowest BCUT2D eigenvalue weighted by molar-refractivity contribution is -0.114. The first-order valence-electron chi connectivity index (χ1n) is 5.11. The molecule has 0 spiro atoms. The van der Waals surface area contributed by atoms with E-state index in [1.165, 1.54) is 38.1 Å². The second kappa shape index (κ2) is 6.01. The lowest BCUT2D eigenvalue weighted by Gasteiger charge is -2.10. The smallest absolute Gasteiger partial charge is 0.241 e. The molecule has 1 N–H and O–H groups in total. The van der Waals surface area contributed by atoms with Crippen LogP contribution in [0.5, 0.6) is 0 Å². The van der Waals surface area contributed by atoms with E-state index >= 15 is 0 Å². The highest BCUT2D eigenvalue weighted by Crippen LogP contribution is 2.14. The van der Waals surface area contributed by atoms with E-state index in [0.29, 0.717) is 5.02 Å². The number of halogens is 1. The molecule has 0 heterocycles. The minimum absolute atomic E-state index is 0.0519. The molecule has 0 aliphatic carbocycles. The number of sulfonamides is 1. The minimum Gasteiger partial charge on any atom is -0.283 e. The molecule has 1 rings (SSSR count). The van der Waals surface area contributed by atoms with Crippen molar-refractivity contribution >= 4 is 27.4 Å². The second-order valence-electron chi connectivity index (χ2n) is 3.54. The van der Waals surface area contributed by atoms with Gasteiger partial charge in [0, 0.05) is 5.02 Å². The number of benzene rings is 1. The summed E-state index contributed by atoms with van der Waals surface area (Å²) in [7, 11) is -3.74. The Kier molecular flexibility index (Phi) is 4.91. The molecule has 0 aromatic heterocycles. The summed E-state index contributed by atoms with van der Waals surface area (Å²) < 4.78 is 26.1. The lowest BCUT2D eigenvalue weighted by Crippen LogP contribution is -2.37. The van der Waals surface area contributed by atoms with Crippen LogP contribution in [0.2, 0.25) is 5.02 Å². The molecule has 0 aliphatic rings. The predicted octanol–water partition coefficient (Wildman–Crippen LogP) is 1.60. The lowest BCUT2D eigenvalue weighted by atomic mass is 10.2. The number of rotatable bonds is 4. The third-order valence-electron chi connectivity index (χ3n) is 2.10. The average molecular weight is 286 g/mol. The van der Waals surface area contributed by atoms with Crippen molar-refractivity contribution in [2.45, 2.75) is 24.8 Å². The van der Waals surface area contributed by atoms with Crippen LogP contribution < -0.4 is 4.72 Å². The maximum Gasteiger partial charge on any atom is 0.241 e. The van der Waals surface area contributed by atoms with E-state index in [0.717, 1.165) is 0 Å². The van der Waals surface area contributed by atoms with Gasteiger partial charge in [-0.3, -0.25) is 4.79 Å². The first-order chi connectivity index (χ1) is 8.36. The molecule has 0 aliphatic heterocycles. The van der Waals surface area contributed by atoms with Gasteiger partial charge in [-0.05, 0) is 44.0 Å². The van der Waals surface area contributed by atoms with Crippen LogP contribution in [0.15, 0.2) is 29.2 Å². The van der Waals surface area contributed by atoms with Gasteiger partial charge in [0.1, 0.15) is 0 Å². The Morgan fingerprint density at radius 3 is 2.39 bits per heavy atom. The van der Waals surface area contributed by atoms with Gasteiger partial charge in [0.05, 0.1) is 10.9 Å².